The second-order valence-electron chi connectivity index (χ2n) is 13.8. The van der Waals surface area contributed by atoms with Gasteiger partial charge >= 0.3 is 5.97 Å². The summed E-state index contributed by atoms with van der Waals surface area (Å²) in [5, 5.41) is 23.3. The Balaban J connectivity index is 0.00000267. The molecule has 0 amide bonds. The quantitative estimate of drug-likeness (QED) is 0.320. The molecule has 0 aromatic heterocycles. The van der Waals surface area contributed by atoms with Crippen LogP contribution in [0.5, 0.6) is 0 Å². The zero-order chi connectivity index (χ0) is 27.1. The molecule has 4 fully saturated rings. The van der Waals surface area contributed by atoms with E-state index in [-0.39, 0.29) is 124 Å². The number of rotatable bonds is 9. The smallest absolute Gasteiger partial charge is 0.306 e. The van der Waals surface area contributed by atoms with Gasteiger partial charge in [0.2, 0.25) is 0 Å². The molecule has 0 bridgehead atoms. The van der Waals surface area contributed by atoms with E-state index in [9.17, 15) is 24.6 Å². The number of esters is 1. The van der Waals surface area contributed by atoms with Gasteiger partial charge in [-0.2, -0.15) is 0 Å². The van der Waals surface area contributed by atoms with Crippen molar-refractivity contribution in [1.29, 1.82) is 0 Å². The van der Waals surface area contributed by atoms with Gasteiger partial charge in [0.25, 0.3) is 0 Å². The van der Waals surface area contributed by atoms with Crippen LogP contribution < -0.4 is 0 Å². The number of fused-ring (bicyclic) bond motifs is 5. The molecule has 4 aliphatic rings. The van der Waals surface area contributed by atoms with Crippen LogP contribution >= 0.6 is 0 Å². The fraction of sp³-hybridized carbons (Fsp3) is 0.903. The number of Topliss-reactive ketones (excluding diaryl/α,β-unsaturated/α-hetero) is 2. The van der Waals surface area contributed by atoms with E-state index in [2.05, 4.69) is 20.8 Å². The van der Waals surface area contributed by atoms with Crippen LogP contribution in [0.15, 0.2) is 0 Å². The van der Waals surface area contributed by atoms with Crippen molar-refractivity contribution in [2.75, 3.05) is 0 Å². The first-order valence-electron chi connectivity index (χ1n) is 14.9. The van der Waals surface area contributed by atoms with E-state index in [1.165, 1.54) is 0 Å². The molecular formula is C31H50O6Y2. The van der Waals surface area contributed by atoms with Gasteiger partial charge in [-0.05, 0) is 118 Å². The number of aliphatic hydroxyl groups excluding tert-OH is 2. The SMILES string of the molecule is CC(=O)CCCC(=O)OC1CC[C@@]2(C)C(C1)CC(O)C1C2CC(O)[C@@]2(C)C1CC[C@@H]2C(C)CCC(C)=O.[Y].[Y]. The summed E-state index contributed by atoms with van der Waals surface area (Å²) in [6.45, 7) is 10.1. The van der Waals surface area contributed by atoms with Gasteiger partial charge in [-0.15, -0.1) is 0 Å². The molecule has 0 aliphatic heterocycles. The van der Waals surface area contributed by atoms with E-state index in [1.807, 2.05) is 0 Å². The first-order valence-corrected chi connectivity index (χ1v) is 14.9. The predicted molar refractivity (Wildman–Crippen MR) is 141 cm³/mol. The maximum Gasteiger partial charge on any atom is 0.306 e. The number of ether oxygens (including phenoxy) is 1. The number of aliphatic hydroxyl groups is 2. The normalized spacial score (nSPS) is 41.5. The zero-order valence-corrected chi connectivity index (χ0v) is 30.5. The van der Waals surface area contributed by atoms with Crippen LogP contribution in [-0.4, -0.2) is 46.1 Å². The van der Waals surface area contributed by atoms with Crippen molar-refractivity contribution >= 4 is 17.5 Å². The van der Waals surface area contributed by atoms with Gasteiger partial charge in [0.1, 0.15) is 17.7 Å². The molecule has 8 unspecified atom stereocenters. The summed E-state index contributed by atoms with van der Waals surface area (Å²) in [6, 6.07) is 0. The number of ketones is 2. The van der Waals surface area contributed by atoms with E-state index < -0.39 is 12.2 Å². The van der Waals surface area contributed by atoms with Crippen LogP contribution in [0.2, 0.25) is 0 Å². The van der Waals surface area contributed by atoms with Crippen LogP contribution in [0.25, 0.3) is 0 Å². The topological polar surface area (TPSA) is 101 Å². The van der Waals surface area contributed by atoms with Crippen molar-refractivity contribution in [1.82, 2.24) is 0 Å². The Kier molecular flexibility index (Phi) is 13.5. The third-order valence-corrected chi connectivity index (χ3v) is 11.7. The maximum absolute atomic E-state index is 12.4. The van der Waals surface area contributed by atoms with Crippen LogP contribution in [0.1, 0.15) is 112 Å². The number of hydrogen-bond donors (Lipinski definition) is 2. The molecule has 11 atom stereocenters. The predicted octanol–water partition coefficient (Wildman–Crippen LogP) is 5.26. The Morgan fingerprint density at radius 3 is 2.21 bits per heavy atom. The van der Waals surface area contributed by atoms with Gasteiger partial charge in [-0.1, -0.05) is 20.8 Å². The molecule has 0 spiro atoms. The molecular weight excluding hydrogens is 646 g/mol. The van der Waals surface area contributed by atoms with Gasteiger partial charge in [0.05, 0.1) is 12.2 Å². The summed E-state index contributed by atoms with van der Waals surface area (Å²) in [5.41, 5.74) is -0.184. The third-order valence-electron chi connectivity index (χ3n) is 11.7. The van der Waals surface area contributed by atoms with Crippen molar-refractivity contribution in [3.8, 4) is 0 Å². The number of carbonyl (C=O) groups is 3. The van der Waals surface area contributed by atoms with Crippen molar-refractivity contribution in [2.45, 2.75) is 130 Å². The first-order chi connectivity index (χ1) is 17.4. The van der Waals surface area contributed by atoms with Gasteiger partial charge in [0, 0.05) is 84.7 Å². The van der Waals surface area contributed by atoms with Gasteiger partial charge in [-0.3, -0.25) is 4.79 Å². The van der Waals surface area contributed by atoms with Gasteiger partial charge < -0.3 is 24.5 Å². The van der Waals surface area contributed by atoms with Gasteiger partial charge in [0.15, 0.2) is 0 Å². The fourth-order valence-electron chi connectivity index (χ4n) is 9.58. The molecule has 8 heteroatoms. The second-order valence-corrected chi connectivity index (χ2v) is 13.8. The zero-order valence-electron chi connectivity index (χ0n) is 24.9. The molecule has 0 aromatic carbocycles. The summed E-state index contributed by atoms with van der Waals surface area (Å²) >= 11 is 0. The van der Waals surface area contributed by atoms with Crippen molar-refractivity contribution in [3.05, 3.63) is 0 Å². The Morgan fingerprint density at radius 1 is 0.897 bits per heavy atom. The third kappa shape index (κ3) is 7.36. The minimum atomic E-state index is -0.398. The Hall–Kier alpha value is 0.938. The summed E-state index contributed by atoms with van der Waals surface area (Å²) < 4.78 is 5.82. The van der Waals surface area contributed by atoms with Crippen molar-refractivity contribution in [3.63, 3.8) is 0 Å². The molecule has 0 aromatic rings. The summed E-state index contributed by atoms with van der Waals surface area (Å²) in [7, 11) is 0. The minimum Gasteiger partial charge on any atom is -0.462 e. The van der Waals surface area contributed by atoms with Crippen molar-refractivity contribution < 1.29 is 94.8 Å². The standard InChI is InChI=1S/C31H50O6.2Y/c1-18(9-10-20(3)33)23-11-12-24-29-25(17-27(35)31(23,24)5)30(4)14-13-22(15-21(30)16-26(29)34)37-28(36)8-6-7-19(2)32;;/h18,21-27,29,34-35H,6-17H2,1-5H3;;/t18?,21?,22?,23-,24?,25?,26?,27?,29?,30+,31-;;/m1../s1. The van der Waals surface area contributed by atoms with E-state index in [4.69, 9.17) is 4.74 Å². The summed E-state index contributed by atoms with van der Waals surface area (Å²) in [6.07, 6.45) is 7.93. The fourth-order valence-corrected chi connectivity index (χ4v) is 9.58. The molecule has 4 rings (SSSR count). The van der Waals surface area contributed by atoms with Gasteiger partial charge in [-0.25, -0.2) is 0 Å². The Bertz CT molecular complexity index is 881. The van der Waals surface area contributed by atoms with Crippen molar-refractivity contribution in [2.24, 2.45) is 46.3 Å². The number of carbonyl (C=O) groups excluding carboxylic acids is 3. The largest absolute Gasteiger partial charge is 0.462 e. The minimum absolute atomic E-state index is 0. The molecule has 2 N–H and O–H groups in total. The monoisotopic (exact) mass is 696 g/mol. The van der Waals surface area contributed by atoms with E-state index in [1.54, 1.807) is 13.8 Å². The molecule has 216 valence electrons. The average Bonchev–Trinajstić information content (AvgIpc) is 3.17. The molecule has 0 heterocycles. The van der Waals surface area contributed by atoms with Crippen LogP contribution in [-0.2, 0) is 84.5 Å². The van der Waals surface area contributed by atoms with Crippen LogP contribution in [0.3, 0.4) is 0 Å². The summed E-state index contributed by atoms with van der Waals surface area (Å²) in [4.78, 5) is 35.1. The van der Waals surface area contributed by atoms with Crippen LogP contribution in [0, 0.1) is 46.3 Å². The molecule has 2 radical (unpaired) electrons. The van der Waals surface area contributed by atoms with Crippen LogP contribution in [0.4, 0.5) is 0 Å². The Morgan fingerprint density at radius 2 is 1.56 bits per heavy atom. The maximum atomic E-state index is 12.4. The molecule has 6 nitrogen and oxygen atoms in total. The average molecular weight is 697 g/mol. The number of hydrogen-bond acceptors (Lipinski definition) is 6. The molecule has 4 aliphatic carbocycles. The molecule has 39 heavy (non-hydrogen) atoms. The molecule has 0 saturated heterocycles. The summed E-state index contributed by atoms with van der Waals surface area (Å²) in [5.74, 6) is 1.92. The van der Waals surface area contributed by atoms with E-state index >= 15 is 0 Å². The second kappa shape index (κ2) is 14.6. The first kappa shape index (κ1) is 36.1. The molecule has 4 saturated carbocycles. The van der Waals surface area contributed by atoms with E-state index in [0.29, 0.717) is 37.0 Å². The Labute approximate surface area is 286 Å². The van der Waals surface area contributed by atoms with E-state index in [0.717, 1.165) is 51.4 Å².